The number of ether oxygens (including phenoxy) is 1. The monoisotopic (exact) mass is 534 g/mol. The van der Waals surface area contributed by atoms with Gasteiger partial charge in [-0.05, 0) is 42.8 Å². The van der Waals surface area contributed by atoms with Crippen molar-refractivity contribution in [3.63, 3.8) is 0 Å². The molecule has 3 aromatic rings. The van der Waals surface area contributed by atoms with Crippen LogP contribution in [0, 0.1) is 17.2 Å². The number of pyridine rings is 2. The van der Waals surface area contributed by atoms with Gasteiger partial charge in [0.05, 0.1) is 21.2 Å². The van der Waals surface area contributed by atoms with Crippen molar-refractivity contribution in [2.45, 2.75) is 25.1 Å². The molecule has 3 atom stereocenters. The lowest BCUT2D eigenvalue weighted by molar-refractivity contribution is -0.137. The maximum absolute atomic E-state index is 13.2. The summed E-state index contributed by atoms with van der Waals surface area (Å²) in [4.78, 5) is 22.6. The van der Waals surface area contributed by atoms with Crippen LogP contribution in [0.4, 0.5) is 13.2 Å². The molecule has 6 nitrogen and oxygen atoms in total. The number of hydrogen-bond acceptors (Lipinski definition) is 5. The zero-order valence-corrected chi connectivity index (χ0v) is 20.3. The normalized spacial score (nSPS) is 18.5. The molecule has 2 aromatic heterocycles. The second-order valence-corrected chi connectivity index (χ2v) is 9.22. The number of aromatic nitrogens is 2. The molecule has 1 aliphatic rings. The zero-order chi connectivity index (χ0) is 26.0. The SMILES string of the molecule is C[C@H](Oc1ccc(C(F)(F)F)cn1)[C@@H]1CN(C(=O)c2ccc(C#N)nc2)C[C@@H]1c1ccc(Cl)c(Cl)c1. The summed E-state index contributed by atoms with van der Waals surface area (Å²) in [5.74, 6) is -0.648. The molecule has 1 amide bonds. The number of halogens is 5. The molecule has 1 fully saturated rings. The average molecular weight is 535 g/mol. The zero-order valence-electron chi connectivity index (χ0n) is 18.8. The van der Waals surface area contributed by atoms with Crippen LogP contribution in [-0.4, -0.2) is 40.0 Å². The summed E-state index contributed by atoms with van der Waals surface area (Å²) in [5, 5.41) is 9.71. The molecule has 1 aromatic carbocycles. The van der Waals surface area contributed by atoms with E-state index in [1.54, 1.807) is 30.0 Å². The highest BCUT2D eigenvalue weighted by molar-refractivity contribution is 6.42. The van der Waals surface area contributed by atoms with Gasteiger partial charge in [-0.1, -0.05) is 29.3 Å². The van der Waals surface area contributed by atoms with Crippen molar-refractivity contribution in [3.05, 3.63) is 87.3 Å². The highest BCUT2D eigenvalue weighted by Crippen LogP contribution is 2.39. The van der Waals surface area contributed by atoms with Gasteiger partial charge in [-0.2, -0.15) is 18.4 Å². The molecular formula is C25H19Cl2F3N4O2. The van der Waals surface area contributed by atoms with Crippen molar-refractivity contribution in [2.24, 2.45) is 5.92 Å². The van der Waals surface area contributed by atoms with Crippen molar-refractivity contribution in [1.29, 1.82) is 5.26 Å². The Morgan fingerprint density at radius 3 is 2.47 bits per heavy atom. The fraction of sp³-hybridized carbons (Fsp3) is 0.280. The molecule has 0 saturated carbocycles. The number of carbonyl (C=O) groups excluding carboxylic acids is 1. The van der Waals surface area contributed by atoms with Gasteiger partial charge in [0.15, 0.2) is 0 Å². The van der Waals surface area contributed by atoms with E-state index >= 15 is 0 Å². The number of rotatable bonds is 5. The average Bonchev–Trinajstić information content (AvgIpc) is 3.31. The van der Waals surface area contributed by atoms with Gasteiger partial charge in [-0.3, -0.25) is 4.79 Å². The molecule has 0 spiro atoms. The van der Waals surface area contributed by atoms with E-state index in [-0.39, 0.29) is 29.3 Å². The summed E-state index contributed by atoms with van der Waals surface area (Å²) in [5.41, 5.74) is 0.509. The van der Waals surface area contributed by atoms with E-state index in [0.717, 1.165) is 17.8 Å². The summed E-state index contributed by atoms with van der Waals surface area (Å²) >= 11 is 12.3. The highest BCUT2D eigenvalue weighted by Gasteiger charge is 2.41. The molecule has 0 N–H and O–H groups in total. The Morgan fingerprint density at radius 1 is 1.11 bits per heavy atom. The summed E-state index contributed by atoms with van der Waals surface area (Å²) in [6.07, 6.45) is -2.93. The van der Waals surface area contributed by atoms with Gasteiger partial charge in [-0.15, -0.1) is 0 Å². The predicted molar refractivity (Wildman–Crippen MR) is 127 cm³/mol. The van der Waals surface area contributed by atoms with E-state index in [4.69, 9.17) is 33.2 Å². The Kier molecular flexibility index (Phi) is 7.38. The Bertz CT molecular complexity index is 1290. The topological polar surface area (TPSA) is 79.1 Å². The molecule has 3 heterocycles. The van der Waals surface area contributed by atoms with Gasteiger partial charge in [0.25, 0.3) is 5.91 Å². The van der Waals surface area contributed by atoms with Crippen molar-refractivity contribution in [3.8, 4) is 11.9 Å². The number of carbonyl (C=O) groups is 1. The van der Waals surface area contributed by atoms with E-state index in [1.165, 1.54) is 18.3 Å². The number of likely N-dealkylation sites (tertiary alicyclic amines) is 1. The Morgan fingerprint density at radius 2 is 1.89 bits per heavy atom. The molecule has 0 bridgehead atoms. The van der Waals surface area contributed by atoms with Crippen LogP contribution in [0.2, 0.25) is 10.0 Å². The first-order valence-corrected chi connectivity index (χ1v) is 11.6. The van der Waals surface area contributed by atoms with Crippen LogP contribution in [0.15, 0.2) is 54.9 Å². The fourth-order valence-corrected chi connectivity index (χ4v) is 4.54. The molecule has 0 radical (unpaired) electrons. The number of benzene rings is 1. The van der Waals surface area contributed by atoms with Crippen LogP contribution >= 0.6 is 23.2 Å². The molecule has 36 heavy (non-hydrogen) atoms. The highest BCUT2D eigenvalue weighted by atomic mass is 35.5. The van der Waals surface area contributed by atoms with Crippen molar-refractivity contribution < 1.29 is 22.7 Å². The van der Waals surface area contributed by atoms with Crippen LogP contribution in [0.3, 0.4) is 0 Å². The predicted octanol–water partition coefficient (Wildman–Crippen LogP) is 6.00. The van der Waals surface area contributed by atoms with Crippen LogP contribution in [0.5, 0.6) is 5.88 Å². The fourth-order valence-electron chi connectivity index (χ4n) is 4.23. The van der Waals surface area contributed by atoms with Crippen LogP contribution < -0.4 is 4.74 Å². The Balaban J connectivity index is 1.59. The third kappa shape index (κ3) is 5.55. The molecular weight excluding hydrogens is 516 g/mol. The van der Waals surface area contributed by atoms with E-state index < -0.39 is 17.8 Å². The Hall–Kier alpha value is -3.35. The summed E-state index contributed by atoms with van der Waals surface area (Å²) < 4.78 is 44.5. The number of nitriles is 1. The van der Waals surface area contributed by atoms with Crippen LogP contribution in [0.1, 0.15) is 40.0 Å². The number of alkyl halides is 3. The van der Waals surface area contributed by atoms with Gasteiger partial charge < -0.3 is 9.64 Å². The molecule has 0 aliphatic carbocycles. The lowest BCUT2D eigenvalue weighted by Gasteiger charge is -2.25. The van der Waals surface area contributed by atoms with Gasteiger partial charge in [0, 0.05) is 43.4 Å². The van der Waals surface area contributed by atoms with Gasteiger partial charge in [0.1, 0.15) is 17.9 Å². The van der Waals surface area contributed by atoms with E-state index in [0.29, 0.717) is 28.7 Å². The number of nitrogens with zero attached hydrogens (tertiary/aromatic N) is 4. The minimum atomic E-state index is -4.50. The lowest BCUT2D eigenvalue weighted by Crippen LogP contribution is -2.32. The third-order valence-electron chi connectivity index (χ3n) is 6.12. The van der Waals surface area contributed by atoms with Crippen molar-refractivity contribution in [2.75, 3.05) is 13.1 Å². The maximum Gasteiger partial charge on any atom is 0.417 e. The molecule has 4 rings (SSSR count). The summed E-state index contributed by atoms with van der Waals surface area (Å²) in [7, 11) is 0. The maximum atomic E-state index is 13.2. The molecule has 1 aliphatic heterocycles. The van der Waals surface area contributed by atoms with Crippen molar-refractivity contribution in [1.82, 2.24) is 14.9 Å². The second-order valence-electron chi connectivity index (χ2n) is 8.40. The molecule has 1 saturated heterocycles. The van der Waals surface area contributed by atoms with E-state index in [2.05, 4.69) is 9.97 Å². The van der Waals surface area contributed by atoms with Gasteiger partial charge >= 0.3 is 6.18 Å². The van der Waals surface area contributed by atoms with E-state index in [9.17, 15) is 18.0 Å². The van der Waals surface area contributed by atoms with Gasteiger partial charge in [-0.25, -0.2) is 9.97 Å². The van der Waals surface area contributed by atoms with Crippen molar-refractivity contribution >= 4 is 29.1 Å². The second kappa shape index (κ2) is 10.3. The minimum absolute atomic E-state index is 0.0458. The summed E-state index contributed by atoms with van der Waals surface area (Å²) in [6, 6.07) is 12.3. The largest absolute Gasteiger partial charge is 0.474 e. The Labute approximate surface area is 215 Å². The first-order valence-electron chi connectivity index (χ1n) is 10.9. The number of amides is 1. The third-order valence-corrected chi connectivity index (χ3v) is 6.86. The van der Waals surface area contributed by atoms with Crippen LogP contribution in [0.25, 0.3) is 0 Å². The molecule has 186 valence electrons. The summed E-state index contributed by atoms with van der Waals surface area (Å²) in [6.45, 7) is 2.44. The quantitative estimate of drug-likeness (QED) is 0.401. The first kappa shape index (κ1) is 25.7. The van der Waals surface area contributed by atoms with Crippen LogP contribution in [-0.2, 0) is 6.18 Å². The van der Waals surface area contributed by atoms with Gasteiger partial charge in [0.2, 0.25) is 5.88 Å². The minimum Gasteiger partial charge on any atom is -0.474 e. The standard InChI is InChI=1S/C25H19Cl2F3N4O2/c1-14(36-23-7-4-17(11-33-23)25(28,29)30)19-12-34(24(35)16-2-5-18(9-31)32-10-16)13-20(19)15-3-6-21(26)22(27)8-15/h2-8,10-11,14,19-20H,12-13H2,1H3/t14-,19-,20+/m0/s1. The smallest absolute Gasteiger partial charge is 0.417 e. The lowest BCUT2D eigenvalue weighted by atomic mass is 9.86. The first-order chi connectivity index (χ1) is 17.1. The molecule has 11 heteroatoms. The van der Waals surface area contributed by atoms with E-state index in [1.807, 2.05) is 12.1 Å². The molecule has 0 unspecified atom stereocenters. The number of hydrogen-bond donors (Lipinski definition) is 0.